The summed E-state index contributed by atoms with van der Waals surface area (Å²) >= 11 is 0. The minimum atomic E-state index is 0. The molecule has 0 bridgehead atoms. The zero-order chi connectivity index (χ0) is 15.5. The van der Waals surface area contributed by atoms with Crippen LogP contribution in [0.25, 0.3) is 10.9 Å². The molecular weight excluding hydrogens is 312 g/mol. The monoisotopic (exact) mass is 336 g/mol. The zero-order valence-electron chi connectivity index (χ0n) is 13.7. The van der Waals surface area contributed by atoms with Gasteiger partial charge in [0.15, 0.2) is 0 Å². The van der Waals surface area contributed by atoms with E-state index in [4.69, 9.17) is 0 Å². The summed E-state index contributed by atoms with van der Waals surface area (Å²) in [5.41, 5.74) is 1.81. The molecule has 3 rings (SSSR count). The van der Waals surface area contributed by atoms with E-state index in [0.717, 1.165) is 36.1 Å². The smallest absolute Gasteiger partial charge is 0.224 e. The van der Waals surface area contributed by atoms with Gasteiger partial charge in [-0.3, -0.25) is 9.48 Å². The number of fused-ring (bicyclic) bond motifs is 1. The highest BCUT2D eigenvalue weighted by atomic mass is 35.5. The number of carbonyl (C=O) groups excluding carboxylic acids is 1. The Morgan fingerprint density at radius 2 is 2.30 bits per heavy atom. The van der Waals surface area contributed by atoms with Gasteiger partial charge in [-0.2, -0.15) is 5.10 Å². The van der Waals surface area contributed by atoms with Gasteiger partial charge in [-0.05, 0) is 63.9 Å². The molecule has 2 heterocycles. The van der Waals surface area contributed by atoms with Crippen LogP contribution in [0.2, 0.25) is 0 Å². The average molecular weight is 337 g/mol. The van der Waals surface area contributed by atoms with Crippen LogP contribution < -0.4 is 10.6 Å². The fourth-order valence-corrected chi connectivity index (χ4v) is 2.91. The molecule has 2 aromatic rings. The fraction of sp³-hybridized carbons (Fsp3) is 0.529. The van der Waals surface area contributed by atoms with Crippen molar-refractivity contribution in [1.82, 2.24) is 15.1 Å². The average Bonchev–Trinajstić information content (AvgIpc) is 3.14. The second kappa shape index (κ2) is 7.79. The van der Waals surface area contributed by atoms with Crippen molar-refractivity contribution in [2.75, 3.05) is 18.4 Å². The molecular formula is C17H25ClN4O. The molecule has 6 heteroatoms. The SMILES string of the molecule is CC(C)n1cc2cc(NC(=O)CCC3CCNC3)ccc2n1.Cl. The molecule has 23 heavy (non-hydrogen) atoms. The van der Waals surface area contributed by atoms with Gasteiger partial charge in [-0.25, -0.2) is 0 Å². The third-order valence-corrected chi connectivity index (χ3v) is 4.28. The number of nitrogens with zero attached hydrogens (tertiary/aromatic N) is 2. The highest BCUT2D eigenvalue weighted by Crippen LogP contribution is 2.20. The summed E-state index contributed by atoms with van der Waals surface area (Å²) in [6, 6.07) is 6.22. The summed E-state index contributed by atoms with van der Waals surface area (Å²) < 4.78 is 1.95. The van der Waals surface area contributed by atoms with Gasteiger partial charge >= 0.3 is 0 Å². The van der Waals surface area contributed by atoms with Gasteiger partial charge in [0.25, 0.3) is 0 Å². The second-order valence-electron chi connectivity index (χ2n) is 6.42. The van der Waals surface area contributed by atoms with Crippen molar-refractivity contribution < 1.29 is 4.79 Å². The lowest BCUT2D eigenvalue weighted by molar-refractivity contribution is -0.116. The predicted molar refractivity (Wildman–Crippen MR) is 96.2 cm³/mol. The molecule has 0 spiro atoms. The van der Waals surface area contributed by atoms with Gasteiger partial charge < -0.3 is 10.6 Å². The van der Waals surface area contributed by atoms with Crippen molar-refractivity contribution >= 4 is 34.9 Å². The van der Waals surface area contributed by atoms with Gasteiger partial charge in [0, 0.05) is 29.7 Å². The van der Waals surface area contributed by atoms with E-state index >= 15 is 0 Å². The van der Waals surface area contributed by atoms with Crippen LogP contribution in [0.4, 0.5) is 5.69 Å². The van der Waals surface area contributed by atoms with E-state index in [1.807, 2.05) is 29.1 Å². The minimum absolute atomic E-state index is 0. The fourth-order valence-electron chi connectivity index (χ4n) is 2.91. The molecule has 1 aliphatic heterocycles. The van der Waals surface area contributed by atoms with Crippen molar-refractivity contribution in [3.8, 4) is 0 Å². The van der Waals surface area contributed by atoms with Crippen LogP contribution in [0.1, 0.15) is 39.2 Å². The summed E-state index contributed by atoms with van der Waals surface area (Å²) in [5.74, 6) is 0.750. The van der Waals surface area contributed by atoms with E-state index in [0.29, 0.717) is 18.4 Å². The number of hydrogen-bond donors (Lipinski definition) is 2. The van der Waals surface area contributed by atoms with E-state index in [1.165, 1.54) is 6.42 Å². The first kappa shape index (κ1) is 17.8. The van der Waals surface area contributed by atoms with Crippen molar-refractivity contribution in [2.45, 2.75) is 39.2 Å². The Morgan fingerprint density at radius 3 is 3.00 bits per heavy atom. The quantitative estimate of drug-likeness (QED) is 0.880. The number of amides is 1. The van der Waals surface area contributed by atoms with Crippen molar-refractivity contribution in [2.24, 2.45) is 5.92 Å². The first-order valence-corrected chi connectivity index (χ1v) is 8.11. The zero-order valence-corrected chi connectivity index (χ0v) is 14.5. The van der Waals surface area contributed by atoms with Gasteiger partial charge in [-0.15, -0.1) is 12.4 Å². The molecule has 1 aromatic carbocycles. The number of benzene rings is 1. The third kappa shape index (κ3) is 4.45. The maximum Gasteiger partial charge on any atom is 0.224 e. The normalized spacial score (nSPS) is 17.4. The van der Waals surface area contributed by atoms with Crippen molar-refractivity contribution in [3.63, 3.8) is 0 Å². The number of carbonyl (C=O) groups is 1. The summed E-state index contributed by atoms with van der Waals surface area (Å²) in [4.78, 5) is 12.1. The molecule has 126 valence electrons. The van der Waals surface area contributed by atoms with E-state index in [9.17, 15) is 4.79 Å². The first-order chi connectivity index (χ1) is 10.6. The summed E-state index contributed by atoms with van der Waals surface area (Å²) in [6.07, 6.45) is 4.77. The van der Waals surface area contributed by atoms with Crippen LogP contribution in [0.5, 0.6) is 0 Å². The number of rotatable bonds is 5. The van der Waals surface area contributed by atoms with E-state index in [-0.39, 0.29) is 18.3 Å². The molecule has 1 aromatic heterocycles. The van der Waals surface area contributed by atoms with Crippen LogP contribution in [-0.4, -0.2) is 28.8 Å². The Morgan fingerprint density at radius 1 is 1.48 bits per heavy atom. The molecule has 0 aliphatic carbocycles. The molecule has 0 radical (unpaired) electrons. The standard InChI is InChI=1S/C17H24N4O.ClH/c1-12(2)21-11-14-9-15(4-5-16(14)20-21)19-17(22)6-3-13-7-8-18-10-13;/h4-5,9,11-13,18H,3,6-8,10H2,1-2H3,(H,19,22);1H. The van der Waals surface area contributed by atoms with Gasteiger partial charge in [0.1, 0.15) is 0 Å². The highest BCUT2D eigenvalue weighted by Gasteiger charge is 2.15. The van der Waals surface area contributed by atoms with Crippen LogP contribution in [0.3, 0.4) is 0 Å². The highest BCUT2D eigenvalue weighted by molar-refractivity contribution is 5.93. The Labute approximate surface area is 143 Å². The number of aromatic nitrogens is 2. The Kier molecular flexibility index (Phi) is 6.02. The molecule has 1 amide bonds. The minimum Gasteiger partial charge on any atom is -0.326 e. The van der Waals surface area contributed by atoms with Crippen LogP contribution in [0, 0.1) is 5.92 Å². The molecule has 2 N–H and O–H groups in total. The maximum atomic E-state index is 12.1. The van der Waals surface area contributed by atoms with Gasteiger partial charge in [-0.1, -0.05) is 0 Å². The van der Waals surface area contributed by atoms with E-state index in [1.54, 1.807) is 0 Å². The topological polar surface area (TPSA) is 59.0 Å². The number of nitrogens with one attached hydrogen (secondary N) is 2. The predicted octanol–water partition coefficient (Wildman–Crippen LogP) is 3.37. The molecule has 1 aliphatic rings. The number of halogens is 1. The maximum absolute atomic E-state index is 12.1. The Hall–Kier alpha value is -1.59. The molecule has 1 fully saturated rings. The molecule has 0 saturated carbocycles. The van der Waals surface area contributed by atoms with Crippen molar-refractivity contribution in [3.05, 3.63) is 24.4 Å². The van der Waals surface area contributed by atoms with Crippen LogP contribution >= 0.6 is 12.4 Å². The lowest BCUT2D eigenvalue weighted by Crippen LogP contribution is -2.14. The van der Waals surface area contributed by atoms with Crippen molar-refractivity contribution in [1.29, 1.82) is 0 Å². The Balaban J connectivity index is 0.00000192. The van der Waals surface area contributed by atoms with E-state index in [2.05, 4.69) is 29.6 Å². The largest absolute Gasteiger partial charge is 0.326 e. The second-order valence-corrected chi connectivity index (χ2v) is 6.42. The lowest BCUT2D eigenvalue weighted by atomic mass is 10.0. The molecule has 1 unspecified atom stereocenters. The number of hydrogen-bond acceptors (Lipinski definition) is 3. The molecule has 1 saturated heterocycles. The Bertz CT molecular complexity index is 662. The summed E-state index contributed by atoms with van der Waals surface area (Å²) in [6.45, 7) is 6.34. The summed E-state index contributed by atoms with van der Waals surface area (Å²) in [7, 11) is 0. The first-order valence-electron chi connectivity index (χ1n) is 8.11. The number of anilines is 1. The lowest BCUT2D eigenvalue weighted by Gasteiger charge is -2.08. The third-order valence-electron chi connectivity index (χ3n) is 4.28. The summed E-state index contributed by atoms with van der Waals surface area (Å²) in [5, 5.41) is 11.9. The molecule has 5 nitrogen and oxygen atoms in total. The van der Waals surface area contributed by atoms with Crippen LogP contribution in [0.15, 0.2) is 24.4 Å². The van der Waals surface area contributed by atoms with E-state index < -0.39 is 0 Å². The van der Waals surface area contributed by atoms with Gasteiger partial charge in [0.2, 0.25) is 5.91 Å². The molecule has 1 atom stereocenters. The van der Waals surface area contributed by atoms with Gasteiger partial charge in [0.05, 0.1) is 5.52 Å². The van der Waals surface area contributed by atoms with Crippen LogP contribution in [-0.2, 0) is 4.79 Å².